The van der Waals surface area contributed by atoms with E-state index in [1.54, 1.807) is 36.4 Å². The number of aromatic carboxylic acids is 1. The Kier molecular flexibility index (Phi) is 7.60. The van der Waals surface area contributed by atoms with Crippen LogP contribution in [0, 0.1) is 0 Å². The van der Waals surface area contributed by atoms with Crippen LogP contribution in [-0.2, 0) is 13.0 Å². The van der Waals surface area contributed by atoms with Gasteiger partial charge in [0.25, 0.3) is 5.56 Å². The van der Waals surface area contributed by atoms with E-state index in [1.807, 2.05) is 41.0 Å². The highest BCUT2D eigenvalue weighted by molar-refractivity contribution is 6.33. The first-order chi connectivity index (χ1) is 19.0. The van der Waals surface area contributed by atoms with E-state index in [0.717, 1.165) is 24.0 Å². The van der Waals surface area contributed by atoms with Crippen molar-refractivity contribution < 1.29 is 9.90 Å². The smallest absolute Gasteiger partial charge is 0.336 e. The molecule has 0 atom stereocenters. The van der Waals surface area contributed by atoms with Gasteiger partial charge in [0, 0.05) is 23.6 Å². The largest absolute Gasteiger partial charge is 0.478 e. The van der Waals surface area contributed by atoms with Gasteiger partial charge in [0.05, 0.1) is 11.1 Å². The minimum atomic E-state index is -0.980. The molecular formula is C29H25ClN6O3. The number of hydrogen-bond acceptors (Lipinski definition) is 6. The van der Waals surface area contributed by atoms with Crippen molar-refractivity contribution in [2.75, 3.05) is 0 Å². The number of carbonyl (C=O) groups is 1. The first-order valence-corrected chi connectivity index (χ1v) is 12.9. The number of nitrogens with zero attached hydrogens (tertiary/aromatic N) is 5. The summed E-state index contributed by atoms with van der Waals surface area (Å²) in [5, 5.41) is 24.7. The molecule has 0 amide bonds. The van der Waals surface area contributed by atoms with Crippen molar-refractivity contribution in [2.24, 2.45) is 0 Å². The highest BCUT2D eigenvalue weighted by atomic mass is 35.5. The number of benzene rings is 3. The molecule has 0 radical (unpaired) electrons. The van der Waals surface area contributed by atoms with E-state index in [0.29, 0.717) is 46.2 Å². The first kappa shape index (κ1) is 26.0. The van der Waals surface area contributed by atoms with E-state index in [-0.39, 0.29) is 11.4 Å². The van der Waals surface area contributed by atoms with E-state index < -0.39 is 11.5 Å². The summed E-state index contributed by atoms with van der Waals surface area (Å²) in [6.45, 7) is 2.45. The Labute approximate surface area is 229 Å². The van der Waals surface area contributed by atoms with Crippen LogP contribution in [0.25, 0.3) is 33.8 Å². The third-order valence-electron chi connectivity index (χ3n) is 6.48. The summed E-state index contributed by atoms with van der Waals surface area (Å²) < 4.78 is 1.95. The lowest BCUT2D eigenvalue weighted by Crippen LogP contribution is -2.23. The number of aryl methyl sites for hydroxylation is 1. The van der Waals surface area contributed by atoms with Crippen LogP contribution >= 0.6 is 11.6 Å². The Balaban J connectivity index is 1.66. The van der Waals surface area contributed by atoms with Gasteiger partial charge in [0.2, 0.25) is 5.82 Å². The fourth-order valence-electron chi connectivity index (χ4n) is 4.59. The molecule has 0 aliphatic carbocycles. The van der Waals surface area contributed by atoms with Crippen LogP contribution in [0.15, 0.2) is 77.6 Å². The topological polar surface area (TPSA) is 127 Å². The zero-order valence-corrected chi connectivity index (χ0v) is 21.9. The molecule has 0 spiro atoms. The SMILES string of the molecule is CCCCc1nc(=O)c(-c2ccccc2Cl)c(-c2nn[nH]n2)n1Cc1ccc(-c2ccccc2C(=O)O)cc1. The van der Waals surface area contributed by atoms with Crippen LogP contribution in [0.2, 0.25) is 5.02 Å². The fourth-order valence-corrected chi connectivity index (χ4v) is 4.82. The number of hydrogen-bond donors (Lipinski definition) is 2. The maximum Gasteiger partial charge on any atom is 0.336 e. The minimum Gasteiger partial charge on any atom is -0.478 e. The summed E-state index contributed by atoms with van der Waals surface area (Å²) in [5.74, 6) is -0.113. The lowest BCUT2D eigenvalue weighted by Gasteiger charge is -2.20. The van der Waals surface area contributed by atoms with E-state index in [4.69, 9.17) is 11.6 Å². The van der Waals surface area contributed by atoms with Gasteiger partial charge in [-0.3, -0.25) is 4.79 Å². The van der Waals surface area contributed by atoms with Crippen LogP contribution in [0.1, 0.15) is 41.5 Å². The Hall–Kier alpha value is -4.63. The highest BCUT2D eigenvalue weighted by Gasteiger charge is 2.24. The second-order valence-electron chi connectivity index (χ2n) is 9.01. The Morgan fingerprint density at radius 2 is 1.72 bits per heavy atom. The van der Waals surface area contributed by atoms with Gasteiger partial charge in [-0.1, -0.05) is 85.6 Å². The van der Waals surface area contributed by atoms with Crippen molar-refractivity contribution in [1.82, 2.24) is 30.2 Å². The van der Waals surface area contributed by atoms with Gasteiger partial charge >= 0.3 is 5.97 Å². The van der Waals surface area contributed by atoms with Crippen molar-refractivity contribution in [1.29, 1.82) is 0 Å². The molecule has 9 nitrogen and oxygen atoms in total. The zero-order valence-electron chi connectivity index (χ0n) is 21.1. The van der Waals surface area contributed by atoms with Crippen LogP contribution in [-0.4, -0.2) is 41.3 Å². The molecule has 2 heterocycles. The molecule has 2 aromatic heterocycles. The Morgan fingerprint density at radius 1 is 1.00 bits per heavy atom. The van der Waals surface area contributed by atoms with Crippen LogP contribution < -0.4 is 5.56 Å². The van der Waals surface area contributed by atoms with Gasteiger partial charge < -0.3 is 9.67 Å². The third-order valence-corrected chi connectivity index (χ3v) is 6.81. The Bertz CT molecular complexity index is 1680. The number of unbranched alkanes of at least 4 members (excludes halogenated alkanes) is 1. The molecule has 0 aliphatic heterocycles. The van der Waals surface area contributed by atoms with E-state index >= 15 is 0 Å². The fraction of sp³-hybridized carbons (Fsp3) is 0.172. The number of aromatic nitrogens is 6. The number of aromatic amines is 1. The lowest BCUT2D eigenvalue weighted by atomic mass is 9.98. The molecule has 0 bridgehead atoms. The molecular weight excluding hydrogens is 516 g/mol. The van der Waals surface area contributed by atoms with Crippen molar-refractivity contribution in [2.45, 2.75) is 32.7 Å². The standard InChI is InChI=1S/C29H25ClN6O3/c1-2-3-12-24-31-28(37)25(22-10-6-7-11-23(22)30)26(27-32-34-35-33-27)36(24)17-18-13-15-19(16-14-18)20-8-4-5-9-21(20)29(38)39/h4-11,13-16H,2-3,12,17H2,1H3,(H,38,39)(H,32,33,34,35). The maximum atomic E-state index is 13.4. The number of H-pyrrole nitrogens is 1. The summed E-state index contributed by atoms with van der Waals surface area (Å²) in [7, 11) is 0. The summed E-state index contributed by atoms with van der Waals surface area (Å²) in [6.07, 6.45) is 2.36. The molecule has 0 saturated carbocycles. The molecule has 5 rings (SSSR count). The minimum absolute atomic E-state index is 0.237. The summed E-state index contributed by atoms with van der Waals surface area (Å²) >= 11 is 6.53. The van der Waals surface area contributed by atoms with Crippen LogP contribution in [0.5, 0.6) is 0 Å². The normalized spacial score (nSPS) is 11.0. The average molecular weight is 541 g/mol. The molecule has 39 heavy (non-hydrogen) atoms. The van der Waals surface area contributed by atoms with E-state index in [1.165, 1.54) is 0 Å². The predicted molar refractivity (Wildman–Crippen MR) is 149 cm³/mol. The average Bonchev–Trinajstić information content (AvgIpc) is 3.48. The monoisotopic (exact) mass is 540 g/mol. The summed E-state index contributed by atoms with van der Waals surface area (Å²) in [6, 6.07) is 21.7. The number of nitrogens with one attached hydrogen (secondary N) is 1. The zero-order chi connectivity index (χ0) is 27.4. The van der Waals surface area contributed by atoms with Gasteiger partial charge in [-0.05, 0) is 40.5 Å². The summed E-state index contributed by atoms with van der Waals surface area (Å²) in [4.78, 5) is 29.6. The summed E-state index contributed by atoms with van der Waals surface area (Å²) in [5.41, 5.74) is 3.48. The van der Waals surface area contributed by atoms with E-state index in [9.17, 15) is 14.7 Å². The second-order valence-corrected chi connectivity index (χ2v) is 9.42. The van der Waals surface area contributed by atoms with Crippen molar-refractivity contribution in [3.63, 3.8) is 0 Å². The number of halogens is 1. The third kappa shape index (κ3) is 5.35. The number of carboxylic acid groups (broad SMARTS) is 1. The Morgan fingerprint density at radius 3 is 2.38 bits per heavy atom. The number of carboxylic acids is 1. The van der Waals surface area contributed by atoms with Crippen molar-refractivity contribution >= 4 is 17.6 Å². The molecule has 196 valence electrons. The quantitative estimate of drug-likeness (QED) is 0.253. The molecule has 5 aromatic rings. The molecule has 0 aliphatic rings. The van der Waals surface area contributed by atoms with Gasteiger partial charge in [-0.2, -0.15) is 10.2 Å². The van der Waals surface area contributed by atoms with Gasteiger partial charge in [0.1, 0.15) is 11.5 Å². The molecule has 3 aromatic carbocycles. The predicted octanol–water partition coefficient (Wildman–Crippen LogP) is 5.50. The van der Waals surface area contributed by atoms with E-state index in [2.05, 4.69) is 32.5 Å². The highest BCUT2D eigenvalue weighted by Crippen LogP contribution is 2.33. The van der Waals surface area contributed by atoms with Crippen molar-refractivity contribution in [3.8, 4) is 33.8 Å². The molecule has 0 saturated heterocycles. The molecule has 2 N–H and O–H groups in total. The second kappa shape index (κ2) is 11.4. The lowest BCUT2D eigenvalue weighted by molar-refractivity contribution is 0.0697. The first-order valence-electron chi connectivity index (χ1n) is 12.5. The van der Waals surface area contributed by atoms with Gasteiger partial charge in [0.15, 0.2) is 0 Å². The van der Waals surface area contributed by atoms with Gasteiger partial charge in [-0.15, -0.1) is 10.2 Å². The molecule has 0 fully saturated rings. The van der Waals surface area contributed by atoms with Crippen LogP contribution in [0.4, 0.5) is 0 Å². The van der Waals surface area contributed by atoms with Crippen molar-refractivity contribution in [3.05, 3.63) is 105 Å². The number of tetrazole rings is 1. The molecule has 0 unspecified atom stereocenters. The number of rotatable bonds is 9. The van der Waals surface area contributed by atoms with Gasteiger partial charge in [-0.25, -0.2) is 4.79 Å². The van der Waals surface area contributed by atoms with Crippen LogP contribution in [0.3, 0.4) is 0 Å². The maximum absolute atomic E-state index is 13.4. The molecule has 10 heteroatoms.